The van der Waals surface area contributed by atoms with Gasteiger partial charge in [0.25, 0.3) is 0 Å². The molecule has 3 heterocycles. The van der Waals surface area contributed by atoms with Gasteiger partial charge in [-0.2, -0.15) is 5.10 Å². The molecule has 1 aliphatic rings. The summed E-state index contributed by atoms with van der Waals surface area (Å²) in [5.74, 6) is 0. The number of fused-ring (bicyclic) bond motifs is 1. The zero-order valence-corrected chi connectivity index (χ0v) is 16.8. The summed E-state index contributed by atoms with van der Waals surface area (Å²) in [7, 11) is 0. The highest BCUT2D eigenvalue weighted by Gasteiger charge is 2.42. The molecule has 1 N–H and O–H groups in total. The Labute approximate surface area is 166 Å². The molecule has 1 fully saturated rings. The van der Waals surface area contributed by atoms with Crippen molar-refractivity contribution in [3.05, 3.63) is 49.9 Å². The molecule has 0 bridgehead atoms. The van der Waals surface area contributed by atoms with E-state index in [1.165, 1.54) is 4.88 Å². The van der Waals surface area contributed by atoms with Crippen molar-refractivity contribution < 1.29 is 4.39 Å². The van der Waals surface area contributed by atoms with Gasteiger partial charge in [-0.3, -0.25) is 0 Å². The zero-order chi connectivity index (χ0) is 18.3. The fraction of sp³-hybridized carbons (Fsp3) is 0.421. The number of anilines is 1. The average molecular weight is 412 g/mol. The molecule has 0 atom stereocenters. The van der Waals surface area contributed by atoms with Crippen molar-refractivity contribution in [2.45, 2.75) is 51.2 Å². The SMILES string of the molecule is Cc1c(CCCC2(F)CC2)c(Cl)n2nc(Cl)cc(NCc3cccs3)c12. The zero-order valence-electron chi connectivity index (χ0n) is 14.5. The highest BCUT2D eigenvalue weighted by Crippen LogP contribution is 2.44. The number of nitrogens with one attached hydrogen (secondary N) is 1. The van der Waals surface area contributed by atoms with Crippen molar-refractivity contribution in [1.29, 1.82) is 0 Å². The molecule has 0 aromatic carbocycles. The summed E-state index contributed by atoms with van der Waals surface area (Å²) in [5.41, 5.74) is 3.04. The lowest BCUT2D eigenvalue weighted by Gasteiger charge is -2.09. The maximum absolute atomic E-state index is 13.9. The number of alkyl halides is 1. The van der Waals surface area contributed by atoms with E-state index < -0.39 is 5.67 Å². The second-order valence-corrected chi connectivity index (χ2v) is 8.75. The number of aryl methyl sites for hydroxylation is 1. The van der Waals surface area contributed by atoms with Gasteiger partial charge in [-0.05, 0) is 61.6 Å². The standard InChI is InChI=1S/C19H20Cl2FN3S/c1-12-14(5-2-6-19(22)7-8-19)18(21)25-17(12)15(10-16(20)24-25)23-11-13-4-3-9-26-13/h3-4,9-10,23H,2,5-8,11H2,1H3. The Morgan fingerprint density at radius 2 is 2.19 bits per heavy atom. The molecule has 0 radical (unpaired) electrons. The van der Waals surface area contributed by atoms with Crippen LogP contribution in [0.2, 0.25) is 10.3 Å². The Morgan fingerprint density at radius 3 is 2.88 bits per heavy atom. The number of hydrogen-bond donors (Lipinski definition) is 1. The molecule has 0 spiro atoms. The lowest BCUT2D eigenvalue weighted by Crippen LogP contribution is -2.02. The first-order chi connectivity index (χ1) is 12.5. The average Bonchev–Trinajstić information content (AvgIpc) is 3.04. The van der Waals surface area contributed by atoms with E-state index in [0.29, 0.717) is 29.6 Å². The lowest BCUT2D eigenvalue weighted by atomic mass is 10.0. The van der Waals surface area contributed by atoms with Crippen molar-refractivity contribution in [1.82, 2.24) is 9.61 Å². The Hall–Kier alpha value is -1.30. The first kappa shape index (κ1) is 18.1. The van der Waals surface area contributed by atoms with Gasteiger partial charge in [0.15, 0.2) is 5.15 Å². The summed E-state index contributed by atoms with van der Waals surface area (Å²) >= 11 is 14.5. The molecule has 1 saturated carbocycles. The maximum atomic E-state index is 13.9. The topological polar surface area (TPSA) is 29.3 Å². The molecule has 0 saturated heterocycles. The minimum absolute atomic E-state index is 0.385. The molecule has 3 aromatic heterocycles. The fourth-order valence-electron chi connectivity index (χ4n) is 3.39. The van der Waals surface area contributed by atoms with Crippen molar-refractivity contribution in [3.8, 4) is 0 Å². The first-order valence-corrected chi connectivity index (χ1v) is 10.4. The molecule has 138 valence electrons. The molecule has 1 aliphatic carbocycles. The van der Waals surface area contributed by atoms with Crippen LogP contribution in [0, 0.1) is 6.92 Å². The summed E-state index contributed by atoms with van der Waals surface area (Å²) in [6, 6.07) is 5.95. The number of nitrogens with zero attached hydrogens (tertiary/aromatic N) is 2. The highest BCUT2D eigenvalue weighted by molar-refractivity contribution is 7.09. The molecule has 0 unspecified atom stereocenters. The minimum atomic E-state index is -0.922. The van der Waals surface area contributed by atoms with Crippen LogP contribution >= 0.6 is 34.5 Å². The molecule has 3 nitrogen and oxygen atoms in total. The van der Waals surface area contributed by atoms with Gasteiger partial charge in [-0.1, -0.05) is 29.3 Å². The van der Waals surface area contributed by atoms with E-state index in [1.807, 2.05) is 19.1 Å². The van der Waals surface area contributed by atoms with Crippen molar-refractivity contribution >= 4 is 45.7 Å². The summed E-state index contributed by atoms with van der Waals surface area (Å²) in [4.78, 5) is 1.24. The first-order valence-electron chi connectivity index (χ1n) is 8.78. The lowest BCUT2D eigenvalue weighted by molar-refractivity contribution is 0.284. The Morgan fingerprint density at radius 1 is 1.38 bits per heavy atom. The van der Waals surface area contributed by atoms with Crippen LogP contribution in [0.4, 0.5) is 10.1 Å². The molecule has 0 aliphatic heterocycles. The maximum Gasteiger partial charge on any atom is 0.152 e. The molecule has 0 amide bonds. The van der Waals surface area contributed by atoms with Crippen LogP contribution in [0.1, 0.15) is 41.7 Å². The molecular formula is C19H20Cl2FN3S. The highest BCUT2D eigenvalue weighted by atomic mass is 35.5. The van der Waals surface area contributed by atoms with Gasteiger partial charge in [0.1, 0.15) is 10.8 Å². The van der Waals surface area contributed by atoms with Crippen molar-refractivity contribution in [2.75, 3.05) is 5.32 Å². The van der Waals surface area contributed by atoms with Crippen LogP contribution in [0.5, 0.6) is 0 Å². The predicted molar refractivity (Wildman–Crippen MR) is 108 cm³/mol. The minimum Gasteiger partial charge on any atom is -0.378 e. The van der Waals surface area contributed by atoms with E-state index in [2.05, 4.69) is 21.9 Å². The van der Waals surface area contributed by atoms with Crippen molar-refractivity contribution in [3.63, 3.8) is 0 Å². The molecule has 26 heavy (non-hydrogen) atoms. The van der Waals surface area contributed by atoms with Crippen LogP contribution in [-0.2, 0) is 13.0 Å². The number of hydrogen-bond acceptors (Lipinski definition) is 3. The van der Waals surface area contributed by atoms with Gasteiger partial charge in [0.2, 0.25) is 0 Å². The normalized spacial score (nSPS) is 15.5. The van der Waals surface area contributed by atoms with E-state index in [9.17, 15) is 4.39 Å². The Balaban J connectivity index is 1.62. The van der Waals surface area contributed by atoms with E-state index in [0.717, 1.165) is 41.7 Å². The van der Waals surface area contributed by atoms with Crippen LogP contribution in [-0.4, -0.2) is 15.3 Å². The second-order valence-electron chi connectivity index (χ2n) is 6.97. The predicted octanol–water partition coefficient (Wildman–Crippen LogP) is 6.45. The summed E-state index contributed by atoms with van der Waals surface area (Å²) in [6.45, 7) is 2.76. The largest absolute Gasteiger partial charge is 0.378 e. The molecule has 4 rings (SSSR count). The summed E-state index contributed by atoms with van der Waals surface area (Å²) < 4.78 is 15.6. The van der Waals surface area contributed by atoms with Crippen LogP contribution in [0.15, 0.2) is 23.6 Å². The van der Waals surface area contributed by atoms with Gasteiger partial charge in [0.05, 0.1) is 11.2 Å². The Bertz CT molecular complexity index is 932. The number of rotatable bonds is 7. The van der Waals surface area contributed by atoms with E-state index in [1.54, 1.807) is 15.9 Å². The van der Waals surface area contributed by atoms with Gasteiger partial charge >= 0.3 is 0 Å². The summed E-state index contributed by atoms with van der Waals surface area (Å²) in [5, 5.41) is 10.8. The number of halogens is 3. The quantitative estimate of drug-likeness (QED) is 0.483. The van der Waals surface area contributed by atoms with E-state index in [4.69, 9.17) is 23.2 Å². The Kier molecular flexibility index (Phi) is 4.88. The fourth-order valence-corrected chi connectivity index (χ4v) is 4.58. The van der Waals surface area contributed by atoms with Gasteiger partial charge < -0.3 is 5.32 Å². The van der Waals surface area contributed by atoms with Crippen LogP contribution in [0.25, 0.3) is 5.52 Å². The van der Waals surface area contributed by atoms with Crippen LogP contribution < -0.4 is 5.32 Å². The third kappa shape index (κ3) is 3.57. The van der Waals surface area contributed by atoms with Crippen molar-refractivity contribution in [2.24, 2.45) is 0 Å². The van der Waals surface area contributed by atoms with Crippen LogP contribution in [0.3, 0.4) is 0 Å². The smallest absolute Gasteiger partial charge is 0.152 e. The van der Waals surface area contributed by atoms with Gasteiger partial charge in [-0.25, -0.2) is 8.91 Å². The summed E-state index contributed by atoms with van der Waals surface area (Å²) in [6.07, 6.45) is 3.55. The molecule has 3 aromatic rings. The van der Waals surface area contributed by atoms with Gasteiger partial charge in [0, 0.05) is 17.5 Å². The second kappa shape index (κ2) is 7.02. The molecule has 7 heteroatoms. The molecular weight excluding hydrogens is 392 g/mol. The van der Waals surface area contributed by atoms with E-state index >= 15 is 0 Å². The number of thiophene rings is 1. The third-order valence-corrected chi connectivity index (χ3v) is 6.50. The third-order valence-electron chi connectivity index (χ3n) is 5.05. The number of aromatic nitrogens is 2. The van der Waals surface area contributed by atoms with E-state index in [-0.39, 0.29) is 0 Å². The monoisotopic (exact) mass is 411 g/mol. The van der Waals surface area contributed by atoms with Gasteiger partial charge in [-0.15, -0.1) is 11.3 Å².